The number of nitrogens with zero attached hydrogens (tertiary/aromatic N) is 1. The molecular weight excluding hydrogens is 358 g/mol. The van der Waals surface area contributed by atoms with Gasteiger partial charge in [0.05, 0.1) is 18.8 Å². The van der Waals surface area contributed by atoms with Crippen molar-refractivity contribution in [2.75, 3.05) is 13.2 Å². The Kier molecular flexibility index (Phi) is 7.17. The minimum absolute atomic E-state index is 0.0887. The van der Waals surface area contributed by atoms with E-state index in [2.05, 4.69) is 0 Å². The molecule has 2 aromatic carbocycles. The molecule has 0 amide bonds. The number of ether oxygens (including phenoxy) is 2. The lowest BCUT2D eigenvalue weighted by Crippen LogP contribution is -2.63. The predicted molar refractivity (Wildman–Crippen MR) is 104 cm³/mol. The number of hydrogen-bond donors (Lipinski definition) is 2. The van der Waals surface area contributed by atoms with Crippen molar-refractivity contribution in [2.24, 2.45) is 0 Å². The van der Waals surface area contributed by atoms with Gasteiger partial charge in [0.1, 0.15) is 18.8 Å². The summed E-state index contributed by atoms with van der Waals surface area (Å²) in [6, 6.07) is 19.1. The number of esters is 1. The molecule has 6 heteroatoms. The third kappa shape index (κ3) is 5.39. The van der Waals surface area contributed by atoms with E-state index in [1.54, 1.807) is 0 Å². The van der Waals surface area contributed by atoms with Crippen LogP contribution in [0.15, 0.2) is 60.7 Å². The average Bonchev–Trinajstić information content (AvgIpc) is 2.70. The van der Waals surface area contributed by atoms with Gasteiger partial charge >= 0.3 is 5.97 Å². The fraction of sp³-hybridized carbons (Fsp3) is 0.409. The normalized spacial score (nSPS) is 25.4. The molecule has 28 heavy (non-hydrogen) atoms. The Balaban J connectivity index is 1.78. The van der Waals surface area contributed by atoms with Crippen LogP contribution in [-0.2, 0) is 27.4 Å². The molecule has 0 bridgehead atoms. The van der Waals surface area contributed by atoms with Gasteiger partial charge in [-0.25, -0.2) is 0 Å². The van der Waals surface area contributed by atoms with Crippen molar-refractivity contribution in [3.05, 3.63) is 71.8 Å². The van der Waals surface area contributed by atoms with Gasteiger partial charge in [0.15, 0.2) is 0 Å². The second kappa shape index (κ2) is 9.80. The maximum atomic E-state index is 11.4. The highest BCUT2D eigenvalue weighted by atomic mass is 16.5. The Morgan fingerprint density at radius 2 is 1.64 bits per heavy atom. The Morgan fingerprint density at radius 3 is 2.25 bits per heavy atom. The van der Waals surface area contributed by atoms with Crippen LogP contribution in [0.25, 0.3) is 0 Å². The number of likely N-dealkylation sites (tertiary alicyclic amines) is 1. The molecule has 150 valence electrons. The number of β-amino-alcohol motifs (C(OH)–C–C–N with tert-alkyl or cyclic N) is 1. The Hall–Kier alpha value is -2.25. The van der Waals surface area contributed by atoms with Crippen molar-refractivity contribution < 1.29 is 24.5 Å². The number of benzene rings is 2. The maximum absolute atomic E-state index is 11.4. The van der Waals surface area contributed by atoms with Crippen LogP contribution >= 0.6 is 0 Å². The monoisotopic (exact) mass is 385 g/mol. The van der Waals surface area contributed by atoms with Crippen molar-refractivity contribution in [1.29, 1.82) is 0 Å². The topological polar surface area (TPSA) is 79.2 Å². The van der Waals surface area contributed by atoms with Gasteiger partial charge in [0.2, 0.25) is 0 Å². The van der Waals surface area contributed by atoms with Gasteiger partial charge in [-0.2, -0.15) is 0 Å². The molecule has 3 rings (SSSR count). The standard InChI is InChI=1S/C22H27NO5/c1-16(24)27-15-19-22(28-14-18-10-6-3-7-11-18)21(26)20(25)13-23(19)12-17-8-4-2-5-9-17/h2-11,19-22,25-26H,12-15H2,1H3/t19-,20-,21+,22-/m1/s1. The summed E-state index contributed by atoms with van der Waals surface area (Å²) >= 11 is 0. The van der Waals surface area contributed by atoms with Crippen molar-refractivity contribution in [3.8, 4) is 0 Å². The highest BCUT2D eigenvalue weighted by Gasteiger charge is 2.43. The maximum Gasteiger partial charge on any atom is 0.302 e. The number of rotatable bonds is 7. The first kappa shape index (κ1) is 20.5. The molecule has 2 aromatic rings. The second-order valence-electron chi connectivity index (χ2n) is 7.10. The fourth-order valence-electron chi connectivity index (χ4n) is 3.52. The van der Waals surface area contributed by atoms with Gasteiger partial charge in [-0.15, -0.1) is 0 Å². The molecule has 0 unspecified atom stereocenters. The zero-order chi connectivity index (χ0) is 19.9. The molecule has 1 heterocycles. The summed E-state index contributed by atoms with van der Waals surface area (Å²) in [6.45, 7) is 2.57. The van der Waals surface area contributed by atoms with E-state index >= 15 is 0 Å². The molecule has 0 radical (unpaired) electrons. The van der Waals surface area contributed by atoms with Gasteiger partial charge in [0, 0.05) is 20.0 Å². The van der Waals surface area contributed by atoms with E-state index in [0.717, 1.165) is 11.1 Å². The average molecular weight is 385 g/mol. The number of carbonyl (C=O) groups excluding carboxylic acids is 1. The fourth-order valence-corrected chi connectivity index (χ4v) is 3.52. The molecule has 0 aliphatic carbocycles. The molecule has 0 aromatic heterocycles. The third-order valence-electron chi connectivity index (χ3n) is 4.97. The van der Waals surface area contributed by atoms with E-state index in [1.807, 2.05) is 65.6 Å². The number of hydrogen-bond acceptors (Lipinski definition) is 6. The molecule has 2 N–H and O–H groups in total. The highest BCUT2D eigenvalue weighted by Crippen LogP contribution is 2.25. The Morgan fingerprint density at radius 1 is 1.04 bits per heavy atom. The summed E-state index contributed by atoms with van der Waals surface area (Å²) in [4.78, 5) is 13.4. The van der Waals surface area contributed by atoms with Gasteiger partial charge in [-0.05, 0) is 11.1 Å². The summed E-state index contributed by atoms with van der Waals surface area (Å²) < 4.78 is 11.3. The van der Waals surface area contributed by atoms with E-state index in [4.69, 9.17) is 9.47 Å². The molecular formula is C22H27NO5. The first-order chi connectivity index (χ1) is 13.5. The summed E-state index contributed by atoms with van der Waals surface area (Å²) in [5, 5.41) is 21.0. The van der Waals surface area contributed by atoms with Gasteiger partial charge in [-0.3, -0.25) is 9.69 Å². The van der Waals surface area contributed by atoms with Crippen LogP contribution in [-0.4, -0.2) is 58.6 Å². The van der Waals surface area contributed by atoms with Crippen molar-refractivity contribution in [2.45, 2.75) is 44.4 Å². The SMILES string of the molecule is CC(=O)OC[C@@H]1[C@@H](OCc2ccccc2)[C@@H](O)[C@H](O)CN1Cc1ccccc1. The van der Waals surface area contributed by atoms with Crippen molar-refractivity contribution in [3.63, 3.8) is 0 Å². The smallest absolute Gasteiger partial charge is 0.302 e. The molecule has 1 aliphatic heterocycles. The third-order valence-corrected chi connectivity index (χ3v) is 4.97. The van der Waals surface area contributed by atoms with Crippen LogP contribution in [0.3, 0.4) is 0 Å². The van der Waals surface area contributed by atoms with E-state index < -0.39 is 18.3 Å². The second-order valence-corrected chi connectivity index (χ2v) is 7.10. The van der Waals surface area contributed by atoms with E-state index in [0.29, 0.717) is 13.2 Å². The molecule has 1 saturated heterocycles. The zero-order valence-electron chi connectivity index (χ0n) is 16.0. The van der Waals surface area contributed by atoms with E-state index in [-0.39, 0.29) is 25.2 Å². The van der Waals surface area contributed by atoms with Gasteiger partial charge in [0.25, 0.3) is 0 Å². The number of aliphatic hydroxyl groups excluding tert-OH is 2. The minimum Gasteiger partial charge on any atom is -0.464 e. The Labute approximate surface area is 165 Å². The van der Waals surface area contributed by atoms with Crippen LogP contribution in [0.2, 0.25) is 0 Å². The number of piperidine rings is 1. The summed E-state index contributed by atoms with van der Waals surface area (Å²) in [5.74, 6) is -0.387. The van der Waals surface area contributed by atoms with Crippen LogP contribution < -0.4 is 0 Å². The summed E-state index contributed by atoms with van der Waals surface area (Å²) in [6.07, 6.45) is -2.69. The minimum atomic E-state index is -1.06. The summed E-state index contributed by atoms with van der Waals surface area (Å²) in [7, 11) is 0. The van der Waals surface area contributed by atoms with Crippen LogP contribution in [0.5, 0.6) is 0 Å². The number of aliphatic hydroxyl groups is 2. The zero-order valence-corrected chi connectivity index (χ0v) is 16.0. The predicted octanol–water partition coefficient (Wildman–Crippen LogP) is 1.74. The van der Waals surface area contributed by atoms with Crippen LogP contribution in [0.4, 0.5) is 0 Å². The molecule has 1 fully saturated rings. The Bertz CT molecular complexity index is 739. The van der Waals surface area contributed by atoms with Crippen molar-refractivity contribution in [1.82, 2.24) is 4.90 Å². The molecule has 0 spiro atoms. The van der Waals surface area contributed by atoms with E-state index in [1.165, 1.54) is 6.92 Å². The quantitative estimate of drug-likeness (QED) is 0.707. The molecule has 1 aliphatic rings. The lowest BCUT2D eigenvalue weighted by molar-refractivity contribution is -0.179. The first-order valence-corrected chi connectivity index (χ1v) is 9.47. The first-order valence-electron chi connectivity index (χ1n) is 9.47. The molecule has 0 saturated carbocycles. The largest absolute Gasteiger partial charge is 0.464 e. The van der Waals surface area contributed by atoms with Crippen LogP contribution in [0.1, 0.15) is 18.1 Å². The van der Waals surface area contributed by atoms with Crippen LogP contribution in [0, 0.1) is 0 Å². The van der Waals surface area contributed by atoms with E-state index in [9.17, 15) is 15.0 Å². The number of carbonyl (C=O) groups is 1. The highest BCUT2D eigenvalue weighted by molar-refractivity contribution is 5.65. The lowest BCUT2D eigenvalue weighted by atomic mass is 9.93. The lowest BCUT2D eigenvalue weighted by Gasteiger charge is -2.45. The summed E-state index contributed by atoms with van der Waals surface area (Å²) in [5.41, 5.74) is 2.04. The van der Waals surface area contributed by atoms with Crippen molar-refractivity contribution >= 4 is 5.97 Å². The van der Waals surface area contributed by atoms with Gasteiger partial charge in [-0.1, -0.05) is 60.7 Å². The van der Waals surface area contributed by atoms with Gasteiger partial charge < -0.3 is 19.7 Å². The molecule has 6 nitrogen and oxygen atoms in total. The molecule has 4 atom stereocenters.